The zero-order chi connectivity index (χ0) is 22.2. The maximum atomic E-state index is 12.8. The molecule has 3 aromatic rings. The molecule has 32 heavy (non-hydrogen) atoms. The molecule has 0 aliphatic carbocycles. The van der Waals surface area contributed by atoms with Crippen molar-refractivity contribution < 1.29 is 14.6 Å². The molecule has 1 amide bonds. The van der Waals surface area contributed by atoms with Crippen LogP contribution in [0.4, 0.5) is 0 Å². The first-order valence-corrected chi connectivity index (χ1v) is 10.3. The molecule has 1 aliphatic heterocycles. The Labute approximate surface area is 187 Å². The molecule has 0 bridgehead atoms. The monoisotopic (exact) mass is 424 g/mol. The molecule has 2 N–H and O–H groups in total. The van der Waals surface area contributed by atoms with Gasteiger partial charge in [-0.1, -0.05) is 60.7 Å². The third-order valence-corrected chi connectivity index (χ3v) is 4.92. The lowest BCUT2D eigenvalue weighted by Gasteiger charge is -2.17. The van der Waals surface area contributed by atoms with Crippen molar-refractivity contribution in [1.29, 1.82) is 0 Å². The van der Waals surface area contributed by atoms with Crippen molar-refractivity contribution >= 4 is 5.91 Å². The van der Waals surface area contributed by atoms with E-state index in [0.717, 1.165) is 11.1 Å². The Morgan fingerprint density at radius 3 is 2.22 bits per heavy atom. The summed E-state index contributed by atoms with van der Waals surface area (Å²) in [6, 6.07) is 26.8. The molecule has 5 nitrogen and oxygen atoms in total. The number of aliphatic hydroxyl groups excluding tert-OH is 1. The van der Waals surface area contributed by atoms with E-state index in [0.29, 0.717) is 30.2 Å². The van der Waals surface area contributed by atoms with Crippen LogP contribution in [0.2, 0.25) is 0 Å². The lowest BCUT2D eigenvalue weighted by atomic mass is 10.2. The normalized spacial score (nSPS) is 13.1. The van der Waals surface area contributed by atoms with Gasteiger partial charge in [0, 0.05) is 24.5 Å². The van der Waals surface area contributed by atoms with Crippen molar-refractivity contribution in [3.8, 4) is 5.75 Å². The van der Waals surface area contributed by atoms with Crippen molar-refractivity contribution in [2.75, 3.05) is 0 Å². The molecule has 0 unspecified atom stereocenters. The highest BCUT2D eigenvalue weighted by Gasteiger charge is 2.14. The molecule has 0 saturated carbocycles. The van der Waals surface area contributed by atoms with Gasteiger partial charge >= 0.3 is 0 Å². The first-order valence-electron chi connectivity index (χ1n) is 10.3. The second kappa shape index (κ2) is 10.2. The van der Waals surface area contributed by atoms with E-state index in [1.807, 2.05) is 71.8 Å². The number of ether oxygens (including phenoxy) is 1. The number of allylic oxidation sites excluding steroid dienone is 2. The fraction of sp³-hybridized carbons (Fsp3) is 0.0741. The van der Waals surface area contributed by atoms with Gasteiger partial charge in [0.2, 0.25) is 0 Å². The predicted octanol–water partition coefficient (Wildman–Crippen LogP) is 5.31. The molecule has 0 radical (unpaired) electrons. The highest BCUT2D eigenvalue weighted by molar-refractivity contribution is 5.95. The first-order chi connectivity index (χ1) is 15.7. The highest BCUT2D eigenvalue weighted by Crippen LogP contribution is 2.17. The van der Waals surface area contributed by atoms with Crippen molar-refractivity contribution in [1.82, 2.24) is 10.2 Å². The van der Waals surface area contributed by atoms with E-state index < -0.39 is 0 Å². The first kappa shape index (κ1) is 21.0. The second-order valence-corrected chi connectivity index (χ2v) is 7.35. The van der Waals surface area contributed by atoms with Crippen molar-refractivity contribution in [3.63, 3.8) is 0 Å². The van der Waals surface area contributed by atoms with E-state index >= 15 is 0 Å². The molecule has 160 valence electrons. The number of rotatable bonds is 7. The Balaban J connectivity index is 1.40. The lowest BCUT2D eigenvalue weighted by Crippen LogP contribution is -2.25. The zero-order valence-electron chi connectivity index (χ0n) is 17.5. The molecule has 4 rings (SSSR count). The number of benzene rings is 3. The largest absolute Gasteiger partial charge is 0.506 e. The quantitative estimate of drug-likeness (QED) is 0.540. The molecular weight excluding hydrogens is 400 g/mol. The van der Waals surface area contributed by atoms with Crippen LogP contribution >= 0.6 is 0 Å². The summed E-state index contributed by atoms with van der Waals surface area (Å²) in [6.45, 7) is 1.08. The van der Waals surface area contributed by atoms with Crippen molar-refractivity contribution in [2.45, 2.75) is 13.2 Å². The van der Waals surface area contributed by atoms with Gasteiger partial charge in [-0.3, -0.25) is 4.79 Å². The Hall–Kier alpha value is -4.25. The number of aliphatic hydroxyl groups is 1. The average molecular weight is 425 g/mol. The summed E-state index contributed by atoms with van der Waals surface area (Å²) in [4.78, 5) is 14.7. The minimum absolute atomic E-state index is 0.00650. The van der Waals surface area contributed by atoms with E-state index in [2.05, 4.69) is 5.32 Å². The van der Waals surface area contributed by atoms with E-state index in [4.69, 9.17) is 4.74 Å². The number of hydrogen-bond acceptors (Lipinski definition) is 4. The van der Waals surface area contributed by atoms with Gasteiger partial charge < -0.3 is 20.1 Å². The van der Waals surface area contributed by atoms with Crippen LogP contribution in [0, 0.1) is 0 Å². The number of nitrogens with one attached hydrogen (secondary N) is 1. The number of hydrogen-bond donors (Lipinski definition) is 2. The van der Waals surface area contributed by atoms with Gasteiger partial charge in [0.05, 0.1) is 5.70 Å². The Bertz CT molecular complexity index is 1130. The predicted molar refractivity (Wildman–Crippen MR) is 125 cm³/mol. The van der Waals surface area contributed by atoms with Crippen molar-refractivity contribution in [2.24, 2.45) is 0 Å². The molecule has 0 atom stereocenters. The molecule has 0 saturated heterocycles. The van der Waals surface area contributed by atoms with Crippen LogP contribution in [0.5, 0.6) is 5.75 Å². The smallest absolute Gasteiger partial charge is 0.255 e. The van der Waals surface area contributed by atoms with Gasteiger partial charge in [-0.05, 0) is 47.5 Å². The standard InChI is InChI=1S/C27H24N2O3/c30-26-12-7-17-29(18-21-8-3-1-4-9-21)19-25(26)28-27(31)23-13-15-24(16-14-23)32-20-22-10-5-2-6-11-22/h1-17,19,30H,18,20H2,(H,28,31). The van der Waals surface area contributed by atoms with Gasteiger partial charge in [0.1, 0.15) is 18.1 Å². The minimum Gasteiger partial charge on any atom is -0.506 e. The van der Waals surface area contributed by atoms with Crippen LogP contribution < -0.4 is 10.1 Å². The fourth-order valence-corrected chi connectivity index (χ4v) is 3.24. The molecular formula is C27H24N2O3. The summed E-state index contributed by atoms with van der Waals surface area (Å²) >= 11 is 0. The highest BCUT2D eigenvalue weighted by atomic mass is 16.5. The van der Waals surface area contributed by atoms with Crippen LogP contribution in [0.1, 0.15) is 21.5 Å². The fourth-order valence-electron chi connectivity index (χ4n) is 3.24. The number of carbonyl (C=O) groups excluding carboxylic acids is 1. The third-order valence-electron chi connectivity index (χ3n) is 4.92. The van der Waals surface area contributed by atoms with Gasteiger partial charge in [-0.15, -0.1) is 0 Å². The molecule has 3 aromatic carbocycles. The summed E-state index contributed by atoms with van der Waals surface area (Å²) in [5, 5.41) is 13.1. The van der Waals surface area contributed by atoms with Crippen LogP contribution in [0.25, 0.3) is 0 Å². The van der Waals surface area contributed by atoms with E-state index in [1.165, 1.54) is 0 Å². The van der Waals surface area contributed by atoms with Gasteiger partial charge in [0.25, 0.3) is 5.91 Å². The van der Waals surface area contributed by atoms with Crippen LogP contribution in [-0.4, -0.2) is 15.9 Å². The molecule has 1 heterocycles. The minimum atomic E-state index is -0.313. The van der Waals surface area contributed by atoms with E-state index in [-0.39, 0.29) is 11.7 Å². The third kappa shape index (κ3) is 5.67. The summed E-state index contributed by atoms with van der Waals surface area (Å²) < 4.78 is 5.77. The number of nitrogens with zero attached hydrogens (tertiary/aromatic N) is 1. The van der Waals surface area contributed by atoms with E-state index in [1.54, 1.807) is 42.6 Å². The molecule has 0 fully saturated rings. The van der Waals surface area contributed by atoms with Crippen LogP contribution in [0.3, 0.4) is 0 Å². The summed E-state index contributed by atoms with van der Waals surface area (Å²) in [5.41, 5.74) is 3.00. The maximum absolute atomic E-state index is 12.8. The summed E-state index contributed by atoms with van der Waals surface area (Å²) in [5.74, 6) is 0.361. The van der Waals surface area contributed by atoms with Crippen LogP contribution in [-0.2, 0) is 13.2 Å². The summed E-state index contributed by atoms with van der Waals surface area (Å²) in [6.07, 6.45) is 6.86. The SMILES string of the molecule is O=C(NC1=CN(Cc2ccccc2)C=CC=C1O)c1ccc(OCc2ccccc2)cc1. The lowest BCUT2D eigenvalue weighted by molar-refractivity contribution is 0.0963. The molecule has 5 heteroatoms. The van der Waals surface area contributed by atoms with Crippen molar-refractivity contribution in [3.05, 3.63) is 138 Å². The van der Waals surface area contributed by atoms with Crippen LogP contribution in [0.15, 0.2) is 121 Å². The van der Waals surface area contributed by atoms with E-state index in [9.17, 15) is 9.90 Å². The maximum Gasteiger partial charge on any atom is 0.255 e. The summed E-state index contributed by atoms with van der Waals surface area (Å²) in [7, 11) is 0. The Morgan fingerprint density at radius 1 is 0.875 bits per heavy atom. The average Bonchev–Trinajstić information content (AvgIpc) is 3.00. The Kier molecular flexibility index (Phi) is 6.68. The molecule has 1 aliphatic rings. The number of amides is 1. The van der Waals surface area contributed by atoms with Gasteiger partial charge in [0.15, 0.2) is 0 Å². The van der Waals surface area contributed by atoms with Gasteiger partial charge in [-0.25, -0.2) is 0 Å². The topological polar surface area (TPSA) is 61.8 Å². The zero-order valence-corrected chi connectivity index (χ0v) is 17.5. The second-order valence-electron chi connectivity index (χ2n) is 7.35. The van der Waals surface area contributed by atoms with Gasteiger partial charge in [-0.2, -0.15) is 0 Å². The molecule has 0 spiro atoms. The number of carbonyl (C=O) groups is 1. The Morgan fingerprint density at radius 2 is 1.53 bits per heavy atom. The molecule has 0 aromatic heterocycles.